The van der Waals surface area contributed by atoms with Crippen molar-refractivity contribution in [3.05, 3.63) is 18.3 Å². The molecule has 1 rings (SSSR count). The minimum absolute atomic E-state index is 0.815. The zero-order valence-electron chi connectivity index (χ0n) is 6.70. The van der Waals surface area contributed by atoms with Gasteiger partial charge in [-0.2, -0.15) is 0 Å². The average molecular weight is 152 g/mol. The number of rotatable bonds is 2. The number of nitrogens with two attached hydrogens (primary N) is 1. The van der Waals surface area contributed by atoms with Crippen molar-refractivity contribution in [2.75, 3.05) is 24.4 Å². The van der Waals surface area contributed by atoms with E-state index in [1.165, 1.54) is 0 Å². The van der Waals surface area contributed by atoms with Gasteiger partial charge in [0, 0.05) is 14.1 Å². The van der Waals surface area contributed by atoms with Crippen LogP contribution in [0.3, 0.4) is 0 Å². The normalized spacial score (nSPS) is 9.36. The third-order valence-electron chi connectivity index (χ3n) is 1.37. The van der Waals surface area contributed by atoms with Gasteiger partial charge in [0.25, 0.3) is 0 Å². The van der Waals surface area contributed by atoms with E-state index < -0.39 is 0 Å². The fourth-order valence-corrected chi connectivity index (χ4v) is 0.736. The summed E-state index contributed by atoms with van der Waals surface area (Å²) >= 11 is 0. The Bertz CT molecular complexity index is 216. The zero-order chi connectivity index (χ0) is 8.27. The molecule has 4 nitrogen and oxygen atoms in total. The first-order valence-electron chi connectivity index (χ1n) is 3.34. The molecule has 0 aliphatic heterocycles. The number of hydrogen-bond acceptors (Lipinski definition) is 4. The molecule has 60 valence electrons. The van der Waals surface area contributed by atoms with Crippen LogP contribution in [0.25, 0.3) is 0 Å². The van der Waals surface area contributed by atoms with Crippen molar-refractivity contribution in [1.29, 1.82) is 0 Å². The van der Waals surface area contributed by atoms with Crippen molar-refractivity contribution in [1.82, 2.24) is 4.98 Å². The van der Waals surface area contributed by atoms with Crippen molar-refractivity contribution in [2.45, 2.75) is 0 Å². The molecule has 0 fully saturated rings. The van der Waals surface area contributed by atoms with E-state index in [9.17, 15) is 0 Å². The molecule has 0 amide bonds. The van der Waals surface area contributed by atoms with Gasteiger partial charge in [-0.15, -0.1) is 0 Å². The van der Waals surface area contributed by atoms with Gasteiger partial charge in [-0.05, 0) is 12.1 Å². The molecule has 0 atom stereocenters. The summed E-state index contributed by atoms with van der Waals surface area (Å²) in [6, 6.07) is 3.78. The highest BCUT2D eigenvalue weighted by molar-refractivity contribution is 5.46. The van der Waals surface area contributed by atoms with Crippen molar-refractivity contribution in [2.24, 2.45) is 5.84 Å². The lowest BCUT2D eigenvalue weighted by Crippen LogP contribution is -2.11. The molecule has 0 saturated carbocycles. The molecular formula is C7H12N4. The molecule has 0 aliphatic rings. The van der Waals surface area contributed by atoms with E-state index in [-0.39, 0.29) is 0 Å². The van der Waals surface area contributed by atoms with Crippen molar-refractivity contribution >= 4 is 11.5 Å². The molecule has 0 aromatic carbocycles. The third kappa shape index (κ3) is 1.81. The Kier molecular flexibility index (Phi) is 2.28. The standard InChI is InChI=1S/C7H12N4/c1-11(2)7-4-3-6(10-8)5-9-7/h3-5,10H,8H2,1-2H3. The highest BCUT2D eigenvalue weighted by Crippen LogP contribution is 2.09. The van der Waals surface area contributed by atoms with Gasteiger partial charge in [0.15, 0.2) is 0 Å². The number of nitrogens with one attached hydrogen (secondary N) is 1. The highest BCUT2D eigenvalue weighted by Gasteiger charge is 1.94. The Hall–Kier alpha value is -1.29. The maximum absolute atomic E-state index is 5.17. The predicted molar refractivity (Wildman–Crippen MR) is 46.4 cm³/mol. The van der Waals surface area contributed by atoms with Gasteiger partial charge in [0.2, 0.25) is 0 Å². The van der Waals surface area contributed by atoms with E-state index >= 15 is 0 Å². The average Bonchev–Trinajstić information content (AvgIpc) is 2.05. The van der Waals surface area contributed by atoms with Gasteiger partial charge in [0.05, 0.1) is 11.9 Å². The SMILES string of the molecule is CN(C)c1ccc(NN)cn1. The molecule has 0 spiro atoms. The Labute approximate surface area is 66.0 Å². The first kappa shape index (κ1) is 7.81. The maximum Gasteiger partial charge on any atom is 0.128 e. The summed E-state index contributed by atoms with van der Waals surface area (Å²) in [6.45, 7) is 0. The van der Waals surface area contributed by atoms with Crippen LogP contribution in [0.1, 0.15) is 0 Å². The lowest BCUT2D eigenvalue weighted by atomic mass is 10.4. The Morgan fingerprint density at radius 2 is 2.18 bits per heavy atom. The molecule has 3 N–H and O–H groups in total. The second-order valence-corrected chi connectivity index (χ2v) is 2.44. The summed E-state index contributed by atoms with van der Waals surface area (Å²) in [7, 11) is 3.88. The minimum atomic E-state index is 0.815. The lowest BCUT2D eigenvalue weighted by molar-refractivity contribution is 1.07. The van der Waals surface area contributed by atoms with E-state index in [0.717, 1.165) is 11.5 Å². The molecule has 0 aliphatic carbocycles. The Morgan fingerprint density at radius 3 is 2.55 bits per heavy atom. The van der Waals surface area contributed by atoms with Crippen LogP contribution in [0, 0.1) is 0 Å². The molecule has 0 bridgehead atoms. The van der Waals surface area contributed by atoms with Gasteiger partial charge >= 0.3 is 0 Å². The Balaban J connectivity index is 2.83. The second-order valence-electron chi connectivity index (χ2n) is 2.44. The number of nitrogens with zero attached hydrogens (tertiary/aromatic N) is 2. The molecule has 0 saturated heterocycles. The molecule has 1 aromatic rings. The predicted octanol–water partition coefficient (Wildman–Crippen LogP) is 0.433. The lowest BCUT2D eigenvalue weighted by Gasteiger charge is -2.10. The van der Waals surface area contributed by atoms with Gasteiger partial charge in [0.1, 0.15) is 5.82 Å². The van der Waals surface area contributed by atoms with Crippen LogP contribution in [0.4, 0.5) is 11.5 Å². The number of hydrogen-bond donors (Lipinski definition) is 2. The first-order valence-corrected chi connectivity index (χ1v) is 3.34. The molecule has 1 aromatic heterocycles. The quantitative estimate of drug-likeness (QED) is 0.476. The van der Waals surface area contributed by atoms with E-state index in [4.69, 9.17) is 5.84 Å². The van der Waals surface area contributed by atoms with Crippen LogP contribution < -0.4 is 16.2 Å². The molecule has 0 unspecified atom stereocenters. The summed E-state index contributed by atoms with van der Waals surface area (Å²) < 4.78 is 0. The van der Waals surface area contributed by atoms with Gasteiger partial charge in [-0.3, -0.25) is 5.84 Å². The molecule has 11 heavy (non-hydrogen) atoms. The van der Waals surface area contributed by atoms with E-state index in [0.29, 0.717) is 0 Å². The van der Waals surface area contributed by atoms with Crippen molar-refractivity contribution < 1.29 is 0 Å². The zero-order valence-corrected chi connectivity index (χ0v) is 6.70. The second kappa shape index (κ2) is 3.21. The summed E-state index contributed by atoms with van der Waals surface area (Å²) in [5, 5.41) is 0. The van der Waals surface area contributed by atoms with Crippen LogP contribution in [-0.2, 0) is 0 Å². The highest BCUT2D eigenvalue weighted by atomic mass is 15.2. The van der Waals surface area contributed by atoms with Gasteiger partial charge < -0.3 is 10.3 Å². The topological polar surface area (TPSA) is 54.2 Å². The van der Waals surface area contributed by atoms with Crippen LogP contribution >= 0.6 is 0 Å². The number of aromatic nitrogens is 1. The Morgan fingerprint density at radius 1 is 1.45 bits per heavy atom. The summed E-state index contributed by atoms with van der Waals surface area (Å²) in [6.07, 6.45) is 1.69. The monoisotopic (exact) mass is 152 g/mol. The van der Waals surface area contributed by atoms with Crippen LogP contribution in [0.15, 0.2) is 18.3 Å². The van der Waals surface area contributed by atoms with E-state index in [1.54, 1.807) is 6.20 Å². The maximum atomic E-state index is 5.17. The molecule has 0 radical (unpaired) electrons. The summed E-state index contributed by atoms with van der Waals surface area (Å²) in [5.41, 5.74) is 3.33. The van der Waals surface area contributed by atoms with E-state index in [1.807, 2.05) is 31.1 Å². The molecule has 1 heterocycles. The third-order valence-corrected chi connectivity index (χ3v) is 1.37. The molecular weight excluding hydrogens is 140 g/mol. The number of nitrogen functional groups attached to an aromatic ring is 1. The smallest absolute Gasteiger partial charge is 0.128 e. The fraction of sp³-hybridized carbons (Fsp3) is 0.286. The fourth-order valence-electron chi connectivity index (χ4n) is 0.736. The van der Waals surface area contributed by atoms with Crippen LogP contribution in [0.2, 0.25) is 0 Å². The number of anilines is 2. The van der Waals surface area contributed by atoms with Crippen LogP contribution in [-0.4, -0.2) is 19.1 Å². The van der Waals surface area contributed by atoms with E-state index in [2.05, 4.69) is 10.4 Å². The largest absolute Gasteiger partial charge is 0.363 e. The number of hydrazine groups is 1. The summed E-state index contributed by atoms with van der Waals surface area (Å²) in [4.78, 5) is 6.06. The van der Waals surface area contributed by atoms with Gasteiger partial charge in [-0.25, -0.2) is 4.98 Å². The van der Waals surface area contributed by atoms with Crippen LogP contribution in [0.5, 0.6) is 0 Å². The summed E-state index contributed by atoms with van der Waals surface area (Å²) in [5.74, 6) is 6.09. The van der Waals surface area contributed by atoms with Gasteiger partial charge in [-0.1, -0.05) is 0 Å². The number of pyridine rings is 1. The molecule has 4 heteroatoms. The first-order chi connectivity index (χ1) is 5.24. The van der Waals surface area contributed by atoms with Crippen molar-refractivity contribution in [3.63, 3.8) is 0 Å². The minimum Gasteiger partial charge on any atom is -0.363 e. The van der Waals surface area contributed by atoms with Crippen molar-refractivity contribution in [3.8, 4) is 0 Å².